The molecule has 0 bridgehead atoms. The molecule has 2 aliphatic rings. The minimum Gasteiger partial charge on any atom is -0.497 e. The van der Waals surface area contributed by atoms with Gasteiger partial charge in [-0.3, -0.25) is 4.90 Å². The Morgan fingerprint density at radius 2 is 1.90 bits per heavy atom. The van der Waals surface area contributed by atoms with E-state index in [1.807, 2.05) is 12.1 Å². The molecule has 0 N–H and O–H groups in total. The first-order valence-corrected chi connectivity index (χ1v) is 7.75. The highest BCUT2D eigenvalue weighted by atomic mass is 16.6. The normalized spacial score (nSPS) is 25.3. The molecule has 21 heavy (non-hydrogen) atoms. The van der Waals surface area contributed by atoms with Crippen molar-refractivity contribution in [3.05, 3.63) is 29.8 Å². The zero-order valence-corrected chi connectivity index (χ0v) is 13.0. The van der Waals surface area contributed by atoms with Crippen LogP contribution in [0.5, 0.6) is 5.75 Å². The number of hydrogen-bond donors (Lipinski definition) is 0. The van der Waals surface area contributed by atoms with Gasteiger partial charge in [0, 0.05) is 33.2 Å². The molecule has 1 atom stereocenters. The number of nitrogens with zero attached hydrogens (tertiary/aromatic N) is 1. The standard InChI is InChI=1S/C17H25NO3/c1-19-15-5-3-14(4-6-15)12-18-9-7-17(8-10-18)11-16(20-2)13-21-17/h3-6,16H,7-13H2,1-2H3/t16-/m0/s1. The van der Waals surface area contributed by atoms with Crippen molar-refractivity contribution in [1.82, 2.24) is 4.90 Å². The van der Waals surface area contributed by atoms with Crippen LogP contribution >= 0.6 is 0 Å². The average Bonchev–Trinajstić information content (AvgIpc) is 2.94. The van der Waals surface area contributed by atoms with Crippen molar-refractivity contribution < 1.29 is 14.2 Å². The summed E-state index contributed by atoms with van der Waals surface area (Å²) in [4.78, 5) is 2.51. The van der Waals surface area contributed by atoms with Gasteiger partial charge in [0.2, 0.25) is 0 Å². The lowest BCUT2D eigenvalue weighted by Crippen LogP contribution is -2.43. The summed E-state index contributed by atoms with van der Waals surface area (Å²) in [6.07, 6.45) is 3.57. The van der Waals surface area contributed by atoms with Crippen molar-refractivity contribution in [3.63, 3.8) is 0 Å². The predicted molar refractivity (Wildman–Crippen MR) is 81.6 cm³/mol. The van der Waals surface area contributed by atoms with Gasteiger partial charge in [0.25, 0.3) is 0 Å². The molecular formula is C17H25NO3. The molecule has 2 heterocycles. The SMILES string of the molecule is COc1ccc(CN2CCC3(CC2)C[C@H](OC)CO3)cc1. The van der Waals surface area contributed by atoms with E-state index in [0.717, 1.165) is 51.3 Å². The Labute approximate surface area is 127 Å². The van der Waals surface area contributed by atoms with E-state index in [9.17, 15) is 0 Å². The summed E-state index contributed by atoms with van der Waals surface area (Å²) in [5.41, 5.74) is 1.42. The third-order valence-corrected chi connectivity index (χ3v) is 4.84. The summed E-state index contributed by atoms with van der Waals surface area (Å²) in [5.74, 6) is 0.918. The van der Waals surface area contributed by atoms with Crippen LogP contribution in [0.2, 0.25) is 0 Å². The monoisotopic (exact) mass is 291 g/mol. The highest BCUT2D eigenvalue weighted by molar-refractivity contribution is 5.27. The van der Waals surface area contributed by atoms with Gasteiger partial charge in [0.05, 0.1) is 25.4 Å². The number of methoxy groups -OCH3 is 2. The molecule has 0 radical (unpaired) electrons. The molecule has 0 unspecified atom stereocenters. The van der Waals surface area contributed by atoms with Crippen LogP contribution in [0.4, 0.5) is 0 Å². The first-order valence-electron chi connectivity index (χ1n) is 7.75. The van der Waals surface area contributed by atoms with Crippen LogP contribution in [0, 0.1) is 0 Å². The lowest BCUT2D eigenvalue weighted by molar-refractivity contribution is -0.0460. The lowest BCUT2D eigenvalue weighted by atomic mass is 9.88. The number of ether oxygens (including phenoxy) is 3. The van der Waals surface area contributed by atoms with Crippen LogP contribution in [0.25, 0.3) is 0 Å². The van der Waals surface area contributed by atoms with Gasteiger partial charge in [0.15, 0.2) is 0 Å². The maximum absolute atomic E-state index is 6.05. The third-order valence-electron chi connectivity index (χ3n) is 4.84. The Hall–Kier alpha value is -1.10. The molecule has 1 aromatic rings. The van der Waals surface area contributed by atoms with E-state index in [0.29, 0.717) is 0 Å². The Morgan fingerprint density at radius 3 is 2.48 bits per heavy atom. The van der Waals surface area contributed by atoms with Crippen LogP contribution < -0.4 is 4.74 Å². The van der Waals surface area contributed by atoms with Gasteiger partial charge in [0.1, 0.15) is 5.75 Å². The highest BCUT2D eigenvalue weighted by Crippen LogP contribution is 2.37. The summed E-state index contributed by atoms with van der Waals surface area (Å²) < 4.78 is 16.7. The van der Waals surface area contributed by atoms with Gasteiger partial charge < -0.3 is 14.2 Å². The minimum atomic E-state index is 0.0804. The maximum atomic E-state index is 6.05. The van der Waals surface area contributed by atoms with E-state index >= 15 is 0 Å². The average molecular weight is 291 g/mol. The molecule has 2 saturated heterocycles. The molecule has 1 aromatic carbocycles. The van der Waals surface area contributed by atoms with Gasteiger partial charge >= 0.3 is 0 Å². The number of piperidine rings is 1. The van der Waals surface area contributed by atoms with E-state index in [4.69, 9.17) is 14.2 Å². The Bertz CT molecular complexity index is 452. The predicted octanol–water partition coefficient (Wildman–Crippen LogP) is 2.47. The lowest BCUT2D eigenvalue weighted by Gasteiger charge is -2.38. The van der Waals surface area contributed by atoms with Crippen LogP contribution in [0.3, 0.4) is 0 Å². The van der Waals surface area contributed by atoms with Crippen molar-refractivity contribution >= 4 is 0 Å². The molecule has 2 aliphatic heterocycles. The first kappa shape index (κ1) is 14.8. The van der Waals surface area contributed by atoms with E-state index < -0.39 is 0 Å². The van der Waals surface area contributed by atoms with Gasteiger partial charge in [-0.15, -0.1) is 0 Å². The summed E-state index contributed by atoms with van der Waals surface area (Å²) in [7, 11) is 3.49. The van der Waals surface area contributed by atoms with Gasteiger partial charge in [-0.2, -0.15) is 0 Å². The van der Waals surface area contributed by atoms with Crippen molar-refractivity contribution in [3.8, 4) is 5.75 Å². The van der Waals surface area contributed by atoms with Gasteiger partial charge in [-0.1, -0.05) is 12.1 Å². The largest absolute Gasteiger partial charge is 0.497 e. The zero-order valence-electron chi connectivity index (χ0n) is 13.0. The van der Waals surface area contributed by atoms with E-state index in [1.54, 1.807) is 14.2 Å². The highest BCUT2D eigenvalue weighted by Gasteiger charge is 2.42. The van der Waals surface area contributed by atoms with E-state index in [1.165, 1.54) is 5.56 Å². The van der Waals surface area contributed by atoms with Crippen molar-refractivity contribution in [1.29, 1.82) is 0 Å². The molecule has 4 nitrogen and oxygen atoms in total. The summed E-state index contributed by atoms with van der Waals surface area (Å²) in [5, 5.41) is 0. The second-order valence-corrected chi connectivity index (χ2v) is 6.18. The van der Waals surface area contributed by atoms with Crippen molar-refractivity contribution in [2.45, 2.75) is 37.5 Å². The van der Waals surface area contributed by atoms with Crippen molar-refractivity contribution in [2.24, 2.45) is 0 Å². The summed E-state index contributed by atoms with van der Waals surface area (Å²) in [6.45, 7) is 3.97. The van der Waals surface area contributed by atoms with Crippen LogP contribution in [0.1, 0.15) is 24.8 Å². The fraction of sp³-hybridized carbons (Fsp3) is 0.647. The zero-order chi connectivity index (χ0) is 14.7. The van der Waals surface area contributed by atoms with E-state index in [-0.39, 0.29) is 11.7 Å². The van der Waals surface area contributed by atoms with Gasteiger partial charge in [-0.05, 0) is 30.5 Å². The molecular weight excluding hydrogens is 266 g/mol. The first-order chi connectivity index (χ1) is 10.2. The molecule has 0 aromatic heterocycles. The Kier molecular flexibility index (Phi) is 4.48. The minimum absolute atomic E-state index is 0.0804. The fourth-order valence-electron chi connectivity index (χ4n) is 3.41. The molecule has 0 amide bonds. The molecule has 0 saturated carbocycles. The maximum Gasteiger partial charge on any atom is 0.118 e. The fourth-order valence-corrected chi connectivity index (χ4v) is 3.41. The molecule has 2 fully saturated rings. The number of benzene rings is 1. The van der Waals surface area contributed by atoms with Gasteiger partial charge in [-0.25, -0.2) is 0 Å². The Balaban J connectivity index is 1.51. The number of likely N-dealkylation sites (tertiary alicyclic amines) is 1. The molecule has 116 valence electrons. The topological polar surface area (TPSA) is 30.9 Å². The number of rotatable bonds is 4. The van der Waals surface area contributed by atoms with Crippen LogP contribution in [-0.2, 0) is 16.0 Å². The van der Waals surface area contributed by atoms with Crippen molar-refractivity contribution in [2.75, 3.05) is 33.9 Å². The third kappa shape index (κ3) is 3.39. The van der Waals surface area contributed by atoms with Crippen LogP contribution in [0.15, 0.2) is 24.3 Å². The second-order valence-electron chi connectivity index (χ2n) is 6.18. The second kappa shape index (κ2) is 6.34. The summed E-state index contributed by atoms with van der Waals surface area (Å²) in [6, 6.07) is 8.36. The van der Waals surface area contributed by atoms with E-state index in [2.05, 4.69) is 17.0 Å². The summed E-state index contributed by atoms with van der Waals surface area (Å²) >= 11 is 0. The van der Waals surface area contributed by atoms with Crippen LogP contribution in [-0.4, -0.2) is 50.5 Å². The quantitative estimate of drug-likeness (QED) is 0.853. The molecule has 4 heteroatoms. The number of hydrogen-bond acceptors (Lipinski definition) is 4. The smallest absolute Gasteiger partial charge is 0.118 e. The molecule has 3 rings (SSSR count). The molecule has 0 aliphatic carbocycles. The molecule has 1 spiro atoms. The Morgan fingerprint density at radius 1 is 1.19 bits per heavy atom.